The van der Waals surface area contributed by atoms with Crippen LogP contribution in [0.4, 0.5) is 10.6 Å². The third-order valence-electron chi connectivity index (χ3n) is 2.50. The Morgan fingerprint density at radius 3 is 3.00 bits per heavy atom. The molecule has 3 N–H and O–H groups in total. The molecule has 0 aliphatic carbocycles. The van der Waals surface area contributed by atoms with Crippen LogP contribution < -0.4 is 11.1 Å². The van der Waals surface area contributed by atoms with Crippen molar-refractivity contribution in [2.45, 2.75) is 18.6 Å². The van der Waals surface area contributed by atoms with Crippen LogP contribution in [0.2, 0.25) is 0 Å². The van der Waals surface area contributed by atoms with Gasteiger partial charge in [-0.3, -0.25) is 4.79 Å². The predicted octanol–water partition coefficient (Wildman–Crippen LogP) is 1.64. The molecule has 2 heterocycles. The van der Waals surface area contributed by atoms with Gasteiger partial charge < -0.3 is 20.4 Å². The Kier molecular flexibility index (Phi) is 4.23. The molecule has 0 bridgehead atoms. The van der Waals surface area contributed by atoms with Crippen molar-refractivity contribution in [2.24, 2.45) is 5.73 Å². The molecule has 0 spiro atoms. The summed E-state index contributed by atoms with van der Waals surface area (Å²) < 4.78 is 7.20. The van der Waals surface area contributed by atoms with Crippen LogP contribution in [0.3, 0.4) is 0 Å². The van der Waals surface area contributed by atoms with Crippen molar-refractivity contribution in [3.05, 3.63) is 12.5 Å². The summed E-state index contributed by atoms with van der Waals surface area (Å²) in [4.78, 5) is 20.2. The van der Waals surface area contributed by atoms with Gasteiger partial charge in [0, 0.05) is 24.7 Å². The fraction of sp³-hybridized carbons (Fsp3) is 0.364. The molecule has 2 aromatic heterocycles. The molecule has 7 nitrogen and oxygen atoms in total. The van der Waals surface area contributed by atoms with Crippen LogP contribution in [0.15, 0.2) is 17.4 Å². The highest BCUT2D eigenvalue weighted by atomic mass is 32.2. The summed E-state index contributed by atoms with van der Waals surface area (Å²) in [5, 5.41) is 3.28. The quantitative estimate of drug-likeness (QED) is 0.809. The van der Waals surface area contributed by atoms with E-state index in [9.17, 15) is 4.79 Å². The first-order valence-corrected chi connectivity index (χ1v) is 6.55. The summed E-state index contributed by atoms with van der Waals surface area (Å²) in [6.07, 6.45) is 3.26. The molecular formula is C11H15N5O2S. The molecule has 0 radical (unpaired) electrons. The molecule has 19 heavy (non-hydrogen) atoms. The van der Waals surface area contributed by atoms with Crippen molar-refractivity contribution in [2.75, 3.05) is 19.0 Å². The number of carbonyl (C=O) groups is 1. The maximum atomic E-state index is 11.1. The lowest BCUT2D eigenvalue weighted by Crippen LogP contribution is -2.02. The van der Waals surface area contributed by atoms with Gasteiger partial charge in [-0.15, -0.1) is 0 Å². The van der Waals surface area contributed by atoms with Gasteiger partial charge in [-0.2, -0.15) is 0 Å². The van der Waals surface area contributed by atoms with Gasteiger partial charge in [-0.1, -0.05) is 0 Å². The van der Waals surface area contributed by atoms with E-state index in [0.717, 1.165) is 17.1 Å². The van der Waals surface area contributed by atoms with Gasteiger partial charge in [0.05, 0.1) is 5.39 Å². The van der Waals surface area contributed by atoms with E-state index in [4.69, 9.17) is 10.5 Å². The predicted molar refractivity (Wildman–Crippen MR) is 74.1 cm³/mol. The minimum atomic E-state index is -0.471. The fourth-order valence-electron chi connectivity index (χ4n) is 1.75. The number of thioether (sulfide) groups is 1. The highest BCUT2D eigenvalue weighted by molar-refractivity contribution is 8.13. The van der Waals surface area contributed by atoms with Gasteiger partial charge in [-0.25, -0.2) is 9.97 Å². The molecule has 0 unspecified atom stereocenters. The van der Waals surface area contributed by atoms with E-state index in [2.05, 4.69) is 15.3 Å². The molecule has 8 heteroatoms. The van der Waals surface area contributed by atoms with Crippen molar-refractivity contribution < 1.29 is 9.53 Å². The van der Waals surface area contributed by atoms with E-state index in [1.165, 1.54) is 6.33 Å². The minimum absolute atomic E-state index is 0.368. The fourth-order valence-corrected chi connectivity index (χ4v) is 2.44. The molecular weight excluding hydrogens is 266 g/mol. The lowest BCUT2D eigenvalue weighted by molar-refractivity contribution is 0.0903. The molecule has 0 aliphatic heterocycles. The Bertz CT molecular complexity index is 598. The average Bonchev–Trinajstić information content (AvgIpc) is 2.74. The first kappa shape index (κ1) is 13.6. The SMILES string of the molecule is CCOCn1cc(SC(N)=O)c2c(NC)ncnc21. The van der Waals surface area contributed by atoms with E-state index in [-0.39, 0.29) is 0 Å². The van der Waals surface area contributed by atoms with Crippen molar-refractivity contribution in [3.63, 3.8) is 0 Å². The molecule has 1 amide bonds. The van der Waals surface area contributed by atoms with Gasteiger partial charge in [0.2, 0.25) is 0 Å². The number of nitrogens with zero attached hydrogens (tertiary/aromatic N) is 3. The summed E-state index contributed by atoms with van der Waals surface area (Å²) in [5.41, 5.74) is 5.94. The van der Waals surface area contributed by atoms with E-state index in [1.807, 2.05) is 11.5 Å². The van der Waals surface area contributed by atoms with Crippen LogP contribution in [-0.4, -0.2) is 33.4 Å². The second kappa shape index (κ2) is 5.89. The highest BCUT2D eigenvalue weighted by Crippen LogP contribution is 2.32. The van der Waals surface area contributed by atoms with E-state index in [0.29, 0.717) is 29.7 Å². The average molecular weight is 281 g/mol. The summed E-state index contributed by atoms with van der Waals surface area (Å²) >= 11 is 0.954. The monoisotopic (exact) mass is 281 g/mol. The lowest BCUT2D eigenvalue weighted by Gasteiger charge is -2.05. The number of anilines is 1. The van der Waals surface area contributed by atoms with Gasteiger partial charge in [-0.05, 0) is 18.7 Å². The van der Waals surface area contributed by atoms with Crippen LogP contribution in [0.25, 0.3) is 11.0 Å². The number of amides is 1. The van der Waals surface area contributed by atoms with Crippen molar-refractivity contribution in [3.8, 4) is 0 Å². The number of primary amides is 1. The molecule has 0 aromatic carbocycles. The van der Waals surface area contributed by atoms with E-state index < -0.39 is 5.24 Å². The number of nitrogens with one attached hydrogen (secondary N) is 1. The van der Waals surface area contributed by atoms with E-state index >= 15 is 0 Å². The highest BCUT2D eigenvalue weighted by Gasteiger charge is 2.16. The van der Waals surface area contributed by atoms with Crippen LogP contribution in [0.5, 0.6) is 0 Å². The number of hydrogen-bond donors (Lipinski definition) is 2. The number of aromatic nitrogens is 3. The number of nitrogens with two attached hydrogens (primary N) is 1. The molecule has 0 atom stereocenters. The number of hydrogen-bond acceptors (Lipinski definition) is 6. The Balaban J connectivity index is 2.55. The molecule has 2 aromatic rings. The second-order valence-corrected chi connectivity index (χ2v) is 4.72. The molecule has 0 saturated heterocycles. The van der Waals surface area contributed by atoms with Crippen LogP contribution >= 0.6 is 11.8 Å². The van der Waals surface area contributed by atoms with Crippen LogP contribution in [-0.2, 0) is 11.5 Å². The summed E-state index contributed by atoms with van der Waals surface area (Å²) in [7, 11) is 1.76. The Hall–Kier alpha value is -1.80. The standard InChI is InChI=1S/C11H15N5O2S/c1-3-18-6-16-4-7(19-11(12)17)8-9(13-2)14-5-15-10(8)16/h4-5H,3,6H2,1-2H3,(H2,12,17)(H,13,14,15). The first-order chi connectivity index (χ1) is 9.17. The van der Waals surface area contributed by atoms with Crippen molar-refractivity contribution in [1.29, 1.82) is 0 Å². The van der Waals surface area contributed by atoms with Gasteiger partial charge >= 0.3 is 0 Å². The molecule has 102 valence electrons. The summed E-state index contributed by atoms with van der Waals surface area (Å²) in [6, 6.07) is 0. The number of ether oxygens (including phenoxy) is 1. The molecule has 0 fully saturated rings. The largest absolute Gasteiger partial charge is 0.372 e. The maximum Gasteiger partial charge on any atom is 0.281 e. The van der Waals surface area contributed by atoms with Gasteiger partial charge in [0.1, 0.15) is 24.5 Å². The number of carbonyl (C=O) groups excluding carboxylic acids is 1. The number of fused-ring (bicyclic) bond motifs is 1. The van der Waals surface area contributed by atoms with Crippen molar-refractivity contribution >= 4 is 33.9 Å². The Morgan fingerprint density at radius 1 is 1.58 bits per heavy atom. The van der Waals surface area contributed by atoms with Crippen molar-refractivity contribution in [1.82, 2.24) is 14.5 Å². The van der Waals surface area contributed by atoms with Crippen LogP contribution in [0.1, 0.15) is 6.92 Å². The zero-order chi connectivity index (χ0) is 13.8. The zero-order valence-corrected chi connectivity index (χ0v) is 11.5. The summed E-state index contributed by atoms with van der Waals surface area (Å²) in [5.74, 6) is 0.656. The van der Waals surface area contributed by atoms with Gasteiger partial charge in [0.15, 0.2) is 0 Å². The third kappa shape index (κ3) is 2.79. The minimum Gasteiger partial charge on any atom is -0.372 e. The third-order valence-corrected chi connectivity index (χ3v) is 3.23. The Morgan fingerprint density at radius 2 is 2.37 bits per heavy atom. The molecule has 0 aliphatic rings. The smallest absolute Gasteiger partial charge is 0.281 e. The molecule has 2 rings (SSSR count). The summed E-state index contributed by atoms with van der Waals surface area (Å²) in [6.45, 7) is 2.88. The first-order valence-electron chi connectivity index (χ1n) is 5.74. The molecule has 0 saturated carbocycles. The second-order valence-electron chi connectivity index (χ2n) is 3.68. The van der Waals surface area contributed by atoms with Crippen LogP contribution in [0, 0.1) is 0 Å². The topological polar surface area (TPSA) is 95.1 Å². The zero-order valence-electron chi connectivity index (χ0n) is 10.7. The Labute approximate surface area is 114 Å². The van der Waals surface area contributed by atoms with Gasteiger partial charge in [0.25, 0.3) is 5.24 Å². The normalized spacial score (nSPS) is 10.8. The lowest BCUT2D eigenvalue weighted by atomic mass is 10.4. The van der Waals surface area contributed by atoms with E-state index in [1.54, 1.807) is 13.2 Å². The maximum absolute atomic E-state index is 11.1. The number of rotatable bonds is 5.